The van der Waals surface area contributed by atoms with Crippen molar-refractivity contribution in [1.29, 1.82) is 0 Å². The molecule has 1 rings (SSSR count). The monoisotopic (exact) mass is 295 g/mol. The minimum absolute atomic E-state index is 0.00130. The number of methoxy groups -OCH3 is 1. The number of aryl methyl sites for hydroxylation is 1. The van der Waals surface area contributed by atoms with Crippen molar-refractivity contribution in [1.82, 2.24) is 5.32 Å². The summed E-state index contributed by atoms with van der Waals surface area (Å²) in [5, 5.41) is 21.6. The molecule has 0 aliphatic carbocycles. The SMILES string of the molecule is CC[C@H](C)[C@H](NC(=O)c1cc(C)cc(OC)c1O)C(=O)O. The molecule has 1 amide bonds. The molecule has 0 heterocycles. The molecule has 21 heavy (non-hydrogen) atoms. The lowest BCUT2D eigenvalue weighted by Gasteiger charge is -2.20. The third-order valence-electron chi connectivity index (χ3n) is 3.45. The maximum Gasteiger partial charge on any atom is 0.326 e. The highest BCUT2D eigenvalue weighted by Crippen LogP contribution is 2.31. The van der Waals surface area contributed by atoms with Crippen molar-refractivity contribution in [3.05, 3.63) is 23.3 Å². The van der Waals surface area contributed by atoms with E-state index < -0.39 is 17.9 Å². The number of hydrogen-bond donors (Lipinski definition) is 3. The number of carboxylic acids is 1. The molecule has 3 N–H and O–H groups in total. The predicted octanol–water partition coefficient (Wildman–Crippen LogP) is 1.94. The van der Waals surface area contributed by atoms with Gasteiger partial charge in [-0.2, -0.15) is 0 Å². The van der Waals surface area contributed by atoms with Crippen LogP contribution in [0.5, 0.6) is 11.5 Å². The number of benzene rings is 1. The first-order valence-electron chi connectivity index (χ1n) is 6.73. The van der Waals surface area contributed by atoms with Crippen molar-refractivity contribution >= 4 is 11.9 Å². The van der Waals surface area contributed by atoms with Gasteiger partial charge in [0.05, 0.1) is 12.7 Å². The number of hydrogen-bond acceptors (Lipinski definition) is 4. The number of ether oxygens (including phenoxy) is 1. The van der Waals surface area contributed by atoms with E-state index in [1.807, 2.05) is 6.92 Å². The fourth-order valence-electron chi connectivity index (χ4n) is 1.98. The lowest BCUT2D eigenvalue weighted by molar-refractivity contribution is -0.140. The van der Waals surface area contributed by atoms with Gasteiger partial charge in [-0.05, 0) is 30.5 Å². The van der Waals surface area contributed by atoms with Crippen LogP contribution in [0.15, 0.2) is 12.1 Å². The number of carbonyl (C=O) groups is 2. The van der Waals surface area contributed by atoms with E-state index in [0.29, 0.717) is 6.42 Å². The summed E-state index contributed by atoms with van der Waals surface area (Å²) in [6.07, 6.45) is 0.611. The lowest BCUT2D eigenvalue weighted by atomic mass is 9.98. The van der Waals surface area contributed by atoms with Gasteiger partial charge in [-0.1, -0.05) is 20.3 Å². The maximum atomic E-state index is 12.2. The fraction of sp³-hybridized carbons (Fsp3) is 0.467. The van der Waals surface area contributed by atoms with Gasteiger partial charge >= 0.3 is 5.97 Å². The summed E-state index contributed by atoms with van der Waals surface area (Å²) >= 11 is 0. The standard InChI is InChI=1S/C15H21NO5/c1-5-9(3)12(15(19)20)16-14(18)10-6-8(2)7-11(21-4)13(10)17/h6-7,9,12,17H,5H2,1-4H3,(H,16,18)(H,19,20)/t9-,12-/m0/s1. The van der Waals surface area contributed by atoms with Crippen LogP contribution in [0, 0.1) is 12.8 Å². The molecule has 0 aliphatic heterocycles. The van der Waals surface area contributed by atoms with Gasteiger partial charge in [-0.25, -0.2) is 4.79 Å². The Morgan fingerprint density at radius 1 is 1.38 bits per heavy atom. The zero-order chi connectivity index (χ0) is 16.2. The minimum Gasteiger partial charge on any atom is -0.504 e. The van der Waals surface area contributed by atoms with E-state index in [-0.39, 0.29) is 23.0 Å². The highest BCUT2D eigenvalue weighted by molar-refractivity contribution is 5.99. The van der Waals surface area contributed by atoms with Crippen molar-refractivity contribution in [2.24, 2.45) is 5.92 Å². The molecule has 1 aromatic rings. The second-order valence-electron chi connectivity index (χ2n) is 5.04. The maximum absolute atomic E-state index is 12.2. The molecule has 0 radical (unpaired) electrons. The lowest BCUT2D eigenvalue weighted by Crippen LogP contribution is -2.45. The topological polar surface area (TPSA) is 95.9 Å². The molecule has 0 fully saturated rings. The highest BCUT2D eigenvalue weighted by atomic mass is 16.5. The number of nitrogens with one attached hydrogen (secondary N) is 1. The molecule has 116 valence electrons. The molecular weight excluding hydrogens is 274 g/mol. The molecule has 0 aromatic heterocycles. The van der Waals surface area contributed by atoms with Gasteiger partial charge in [0.2, 0.25) is 0 Å². The molecule has 6 nitrogen and oxygen atoms in total. The van der Waals surface area contributed by atoms with Gasteiger partial charge in [-0.3, -0.25) is 4.79 Å². The Morgan fingerprint density at radius 3 is 2.48 bits per heavy atom. The van der Waals surface area contributed by atoms with E-state index in [0.717, 1.165) is 5.56 Å². The molecule has 1 aromatic carbocycles. The molecule has 0 aliphatic rings. The number of phenolic OH excluding ortho intramolecular Hbond substituents is 1. The Balaban J connectivity index is 3.08. The van der Waals surface area contributed by atoms with Crippen LogP contribution in [-0.2, 0) is 4.79 Å². The number of phenols is 1. The predicted molar refractivity (Wildman–Crippen MR) is 77.7 cm³/mol. The minimum atomic E-state index is -1.10. The van der Waals surface area contributed by atoms with Crippen LogP contribution in [0.3, 0.4) is 0 Å². The van der Waals surface area contributed by atoms with Crippen LogP contribution in [0.2, 0.25) is 0 Å². The van der Waals surface area contributed by atoms with Crippen molar-refractivity contribution in [2.45, 2.75) is 33.2 Å². The van der Waals surface area contributed by atoms with E-state index >= 15 is 0 Å². The van der Waals surface area contributed by atoms with Gasteiger partial charge in [0.25, 0.3) is 5.91 Å². The zero-order valence-corrected chi connectivity index (χ0v) is 12.6. The third-order valence-corrected chi connectivity index (χ3v) is 3.45. The van der Waals surface area contributed by atoms with Gasteiger partial charge in [-0.15, -0.1) is 0 Å². The van der Waals surface area contributed by atoms with E-state index in [4.69, 9.17) is 4.74 Å². The molecule has 0 spiro atoms. The van der Waals surface area contributed by atoms with E-state index in [2.05, 4.69) is 5.32 Å². The molecule has 0 saturated carbocycles. The van der Waals surface area contributed by atoms with Crippen molar-refractivity contribution in [3.63, 3.8) is 0 Å². The van der Waals surface area contributed by atoms with Crippen LogP contribution < -0.4 is 10.1 Å². The van der Waals surface area contributed by atoms with Crippen molar-refractivity contribution in [2.75, 3.05) is 7.11 Å². The van der Waals surface area contributed by atoms with E-state index in [1.165, 1.54) is 13.2 Å². The summed E-state index contributed by atoms with van der Waals surface area (Å²) in [5.41, 5.74) is 0.728. The Morgan fingerprint density at radius 2 is 2.00 bits per heavy atom. The molecule has 2 atom stereocenters. The summed E-state index contributed by atoms with van der Waals surface area (Å²) in [7, 11) is 1.38. The van der Waals surface area contributed by atoms with Gasteiger partial charge in [0.15, 0.2) is 11.5 Å². The van der Waals surface area contributed by atoms with Crippen LogP contribution in [0.1, 0.15) is 36.2 Å². The first-order chi connectivity index (χ1) is 9.81. The van der Waals surface area contributed by atoms with E-state index in [9.17, 15) is 19.8 Å². The molecular formula is C15H21NO5. The van der Waals surface area contributed by atoms with Crippen molar-refractivity contribution in [3.8, 4) is 11.5 Å². The molecule has 6 heteroatoms. The molecule has 0 saturated heterocycles. The Kier molecular flexibility index (Phi) is 5.58. The van der Waals surface area contributed by atoms with E-state index in [1.54, 1.807) is 19.9 Å². The molecule has 0 bridgehead atoms. The quantitative estimate of drug-likeness (QED) is 0.745. The highest BCUT2D eigenvalue weighted by Gasteiger charge is 2.27. The average Bonchev–Trinajstić information content (AvgIpc) is 2.45. The Hall–Kier alpha value is -2.24. The summed E-state index contributed by atoms with van der Waals surface area (Å²) in [5.74, 6) is -2.08. The number of rotatable bonds is 6. The van der Waals surface area contributed by atoms with Gasteiger partial charge in [0.1, 0.15) is 6.04 Å². The first-order valence-corrected chi connectivity index (χ1v) is 6.73. The smallest absolute Gasteiger partial charge is 0.326 e. The van der Waals surface area contributed by atoms with Gasteiger partial charge in [0, 0.05) is 0 Å². The summed E-state index contributed by atoms with van der Waals surface area (Å²) < 4.78 is 4.99. The van der Waals surface area contributed by atoms with Crippen LogP contribution in [0.25, 0.3) is 0 Å². The van der Waals surface area contributed by atoms with Crippen molar-refractivity contribution < 1.29 is 24.5 Å². The summed E-state index contributed by atoms with van der Waals surface area (Å²) in [6, 6.07) is 2.08. The largest absolute Gasteiger partial charge is 0.504 e. The summed E-state index contributed by atoms with van der Waals surface area (Å²) in [6.45, 7) is 5.35. The second-order valence-corrected chi connectivity index (χ2v) is 5.04. The second kappa shape index (κ2) is 6.97. The van der Waals surface area contributed by atoms with Crippen LogP contribution in [-0.4, -0.2) is 35.2 Å². The number of carbonyl (C=O) groups excluding carboxylic acids is 1. The Labute approximate surface area is 123 Å². The van der Waals surface area contributed by atoms with Crippen LogP contribution >= 0.6 is 0 Å². The first kappa shape index (κ1) is 16.8. The van der Waals surface area contributed by atoms with Crippen LogP contribution in [0.4, 0.5) is 0 Å². The summed E-state index contributed by atoms with van der Waals surface area (Å²) in [4.78, 5) is 23.5. The normalized spacial score (nSPS) is 13.3. The third kappa shape index (κ3) is 3.87. The number of carboxylic acid groups (broad SMARTS) is 1. The number of aromatic hydroxyl groups is 1. The number of amides is 1. The molecule has 0 unspecified atom stereocenters. The zero-order valence-electron chi connectivity index (χ0n) is 12.6. The fourth-order valence-corrected chi connectivity index (χ4v) is 1.98. The Bertz CT molecular complexity index is 541. The number of aliphatic carboxylic acids is 1. The van der Waals surface area contributed by atoms with Gasteiger partial charge < -0.3 is 20.3 Å². The average molecular weight is 295 g/mol.